The Morgan fingerprint density at radius 1 is 0.895 bits per heavy atom. The van der Waals surface area contributed by atoms with Gasteiger partial charge >= 0.3 is 15.2 Å². The molecule has 2 aromatic carbocycles. The predicted octanol–water partition coefficient (Wildman–Crippen LogP) is 2.09. The fourth-order valence-corrected chi connectivity index (χ4v) is 2.19. The number of aromatic hydroxyl groups is 1. The molecule has 0 aromatic heterocycles. The average Bonchev–Trinajstić information content (AvgIpc) is 2.37. The Morgan fingerprint density at radius 3 is 2.00 bits per heavy atom. The van der Waals surface area contributed by atoms with E-state index in [4.69, 9.17) is 4.55 Å². The maximum Gasteiger partial charge on any atom is 0.333 e. The van der Waals surface area contributed by atoms with E-state index >= 15 is 0 Å². The molecule has 2 N–H and O–H groups in total. The van der Waals surface area contributed by atoms with E-state index in [0.717, 1.165) is 0 Å². The number of benzene rings is 2. The normalized spacial score (nSPS) is 11.2. The van der Waals surface area contributed by atoms with E-state index in [2.05, 4.69) is 0 Å². The summed E-state index contributed by atoms with van der Waals surface area (Å²) >= 11 is 0. The third kappa shape index (κ3) is 2.64. The van der Waals surface area contributed by atoms with E-state index in [1.54, 1.807) is 24.3 Å². The van der Waals surface area contributed by atoms with Crippen molar-refractivity contribution in [2.24, 2.45) is 0 Å². The lowest BCUT2D eigenvalue weighted by Crippen LogP contribution is -2.14. The first-order valence-electron chi connectivity index (χ1n) is 5.30. The maximum absolute atomic E-state index is 11.7. The van der Waals surface area contributed by atoms with Gasteiger partial charge in [0, 0.05) is 11.1 Å². The molecule has 0 heterocycles. The smallest absolute Gasteiger partial charge is 0.333 e. The van der Waals surface area contributed by atoms with Crippen LogP contribution in [0.1, 0.15) is 10.4 Å². The van der Waals surface area contributed by atoms with E-state index in [-0.39, 0.29) is 16.9 Å². The van der Waals surface area contributed by atoms with Gasteiger partial charge in [0.1, 0.15) is 5.75 Å². The SMILES string of the molecule is O=C(c1ccccc1-c1ccccc1O)S(=O)(=O)O. The topological polar surface area (TPSA) is 91.7 Å². The number of para-hydroxylation sites is 1. The van der Waals surface area contributed by atoms with Crippen LogP contribution in [-0.2, 0) is 10.1 Å². The highest BCUT2D eigenvalue weighted by atomic mass is 32.2. The van der Waals surface area contributed by atoms with Crippen LogP contribution in [0.5, 0.6) is 5.75 Å². The van der Waals surface area contributed by atoms with Crippen LogP contribution in [0.2, 0.25) is 0 Å². The molecule has 0 saturated carbocycles. The van der Waals surface area contributed by atoms with Gasteiger partial charge in [-0.2, -0.15) is 8.42 Å². The molecule has 5 nitrogen and oxygen atoms in total. The van der Waals surface area contributed by atoms with Crippen LogP contribution in [0.25, 0.3) is 11.1 Å². The summed E-state index contributed by atoms with van der Waals surface area (Å²) in [6.45, 7) is 0. The number of hydrogen-bond acceptors (Lipinski definition) is 4. The Labute approximate surface area is 109 Å². The van der Waals surface area contributed by atoms with Gasteiger partial charge in [-0.1, -0.05) is 36.4 Å². The summed E-state index contributed by atoms with van der Waals surface area (Å²) in [6, 6.07) is 12.1. The molecule has 0 radical (unpaired) electrons. The summed E-state index contributed by atoms with van der Waals surface area (Å²) in [6.07, 6.45) is 0. The molecule has 6 heteroatoms. The minimum Gasteiger partial charge on any atom is -0.507 e. The second kappa shape index (κ2) is 4.83. The van der Waals surface area contributed by atoms with Crippen LogP contribution < -0.4 is 0 Å². The first-order chi connectivity index (χ1) is 8.91. The zero-order valence-electron chi connectivity index (χ0n) is 9.65. The standard InChI is InChI=1S/C13H10O5S/c14-12-8-4-3-6-10(12)9-5-1-2-7-11(9)13(15)19(16,17)18/h1-8,14H,(H,16,17,18). The Morgan fingerprint density at radius 2 is 1.42 bits per heavy atom. The van der Waals surface area contributed by atoms with Gasteiger partial charge in [0.25, 0.3) is 0 Å². The van der Waals surface area contributed by atoms with Crippen LogP contribution in [0.3, 0.4) is 0 Å². The zero-order chi connectivity index (χ0) is 14.0. The van der Waals surface area contributed by atoms with Crippen molar-refractivity contribution in [3.63, 3.8) is 0 Å². The summed E-state index contributed by atoms with van der Waals surface area (Å²) in [4.78, 5) is 11.7. The molecule has 0 aliphatic carbocycles. The van der Waals surface area contributed by atoms with Gasteiger partial charge in [-0.15, -0.1) is 0 Å². The van der Waals surface area contributed by atoms with Crippen molar-refractivity contribution in [2.75, 3.05) is 0 Å². The average molecular weight is 278 g/mol. The number of hydrogen-bond donors (Lipinski definition) is 2. The highest BCUT2D eigenvalue weighted by Gasteiger charge is 2.24. The molecule has 0 fully saturated rings. The first kappa shape index (κ1) is 13.3. The highest BCUT2D eigenvalue weighted by Crippen LogP contribution is 2.31. The van der Waals surface area contributed by atoms with E-state index in [0.29, 0.717) is 5.56 Å². The lowest BCUT2D eigenvalue weighted by atomic mass is 9.99. The molecule has 0 amide bonds. The lowest BCUT2D eigenvalue weighted by Gasteiger charge is -2.08. The Hall–Kier alpha value is -2.18. The Balaban J connectivity index is 2.68. The van der Waals surface area contributed by atoms with E-state index in [1.165, 1.54) is 24.3 Å². The molecule has 19 heavy (non-hydrogen) atoms. The largest absolute Gasteiger partial charge is 0.507 e. The summed E-state index contributed by atoms with van der Waals surface area (Å²) in [5.74, 6) is -0.0851. The second-order valence-electron chi connectivity index (χ2n) is 3.83. The predicted molar refractivity (Wildman–Crippen MR) is 69.4 cm³/mol. The summed E-state index contributed by atoms with van der Waals surface area (Å²) in [7, 11) is -4.82. The van der Waals surface area contributed by atoms with Crippen LogP contribution in [-0.4, -0.2) is 23.2 Å². The minimum atomic E-state index is -4.82. The monoisotopic (exact) mass is 278 g/mol. The Bertz CT molecular complexity index is 734. The quantitative estimate of drug-likeness (QED) is 0.821. The number of rotatable bonds is 2. The van der Waals surface area contributed by atoms with Crippen molar-refractivity contribution in [1.29, 1.82) is 0 Å². The number of phenolic OH excluding ortho intramolecular Hbond substituents is 1. The summed E-state index contributed by atoms with van der Waals surface area (Å²) in [5.41, 5.74) is 0.366. The molecular weight excluding hydrogens is 268 g/mol. The molecule has 0 aliphatic rings. The molecule has 0 aliphatic heterocycles. The fourth-order valence-electron chi connectivity index (χ4n) is 1.74. The highest BCUT2D eigenvalue weighted by molar-refractivity contribution is 8.01. The van der Waals surface area contributed by atoms with Crippen LogP contribution in [0.15, 0.2) is 48.5 Å². The number of carbonyl (C=O) groups excluding carboxylic acids is 1. The van der Waals surface area contributed by atoms with Gasteiger partial charge in [-0.25, -0.2) is 0 Å². The van der Waals surface area contributed by atoms with Crippen molar-refractivity contribution in [3.05, 3.63) is 54.1 Å². The van der Waals surface area contributed by atoms with Crippen molar-refractivity contribution in [1.82, 2.24) is 0 Å². The lowest BCUT2D eigenvalue weighted by molar-refractivity contribution is 0.106. The third-order valence-corrected chi connectivity index (χ3v) is 3.26. The first-order valence-corrected chi connectivity index (χ1v) is 6.74. The van der Waals surface area contributed by atoms with Crippen LogP contribution >= 0.6 is 0 Å². The molecular formula is C13H10O5S. The molecule has 0 bridgehead atoms. The van der Waals surface area contributed by atoms with Gasteiger partial charge in [0.2, 0.25) is 0 Å². The van der Waals surface area contributed by atoms with E-state index in [9.17, 15) is 18.3 Å². The van der Waals surface area contributed by atoms with Gasteiger partial charge in [0.15, 0.2) is 0 Å². The number of carbonyl (C=O) groups is 1. The molecule has 0 atom stereocenters. The fraction of sp³-hybridized carbons (Fsp3) is 0. The van der Waals surface area contributed by atoms with Gasteiger partial charge < -0.3 is 5.11 Å². The minimum absolute atomic E-state index is 0.0851. The summed E-state index contributed by atoms with van der Waals surface area (Å²) < 4.78 is 30.7. The summed E-state index contributed by atoms with van der Waals surface area (Å²) in [5, 5.41) is 8.35. The molecule has 2 aromatic rings. The van der Waals surface area contributed by atoms with Crippen molar-refractivity contribution >= 4 is 15.2 Å². The molecule has 2 rings (SSSR count). The zero-order valence-corrected chi connectivity index (χ0v) is 10.5. The van der Waals surface area contributed by atoms with Gasteiger partial charge in [-0.05, 0) is 17.7 Å². The van der Waals surface area contributed by atoms with Crippen LogP contribution in [0, 0.1) is 0 Å². The van der Waals surface area contributed by atoms with Crippen LogP contribution in [0.4, 0.5) is 0 Å². The molecule has 0 spiro atoms. The molecule has 98 valence electrons. The molecule has 0 saturated heterocycles. The maximum atomic E-state index is 11.7. The Kier molecular flexibility index (Phi) is 3.37. The van der Waals surface area contributed by atoms with Crippen molar-refractivity contribution in [3.8, 4) is 16.9 Å². The molecule has 0 unspecified atom stereocenters. The van der Waals surface area contributed by atoms with Gasteiger partial charge in [-0.3, -0.25) is 9.35 Å². The van der Waals surface area contributed by atoms with E-state index < -0.39 is 15.2 Å². The van der Waals surface area contributed by atoms with Gasteiger partial charge in [0.05, 0.1) is 0 Å². The van der Waals surface area contributed by atoms with E-state index in [1.807, 2.05) is 0 Å². The van der Waals surface area contributed by atoms with Crippen molar-refractivity contribution in [2.45, 2.75) is 0 Å². The van der Waals surface area contributed by atoms with Crippen molar-refractivity contribution < 1.29 is 22.9 Å². The third-order valence-electron chi connectivity index (χ3n) is 2.58. The number of phenols is 1. The second-order valence-corrected chi connectivity index (χ2v) is 5.15.